The van der Waals surface area contributed by atoms with E-state index < -0.39 is 17.6 Å². The number of aliphatic hydroxyl groups excluding tert-OH is 2. The van der Waals surface area contributed by atoms with E-state index in [1.165, 1.54) is 24.3 Å². The molecule has 0 aromatic heterocycles. The first-order chi connectivity index (χ1) is 11.9. The standard InChI is InChI=1S/C17H18O8/c18-3-4-24-17(9-1-2-12(20)14(22)5-9)16(23)8-11-13(21)6-10(19)7-15(11)25-17/h1-2,5-7,16,18-23H,3-4,8H2. The van der Waals surface area contributed by atoms with Crippen LogP contribution in [0.5, 0.6) is 28.7 Å². The summed E-state index contributed by atoms with van der Waals surface area (Å²) in [6.07, 6.45) is -1.36. The highest BCUT2D eigenvalue weighted by molar-refractivity contribution is 5.52. The number of hydrogen-bond donors (Lipinski definition) is 6. The molecule has 0 bridgehead atoms. The van der Waals surface area contributed by atoms with Gasteiger partial charge in [0.05, 0.1) is 13.2 Å². The van der Waals surface area contributed by atoms with E-state index in [2.05, 4.69) is 0 Å². The number of rotatable bonds is 4. The monoisotopic (exact) mass is 350 g/mol. The van der Waals surface area contributed by atoms with Crippen molar-refractivity contribution >= 4 is 0 Å². The van der Waals surface area contributed by atoms with Crippen LogP contribution in [-0.2, 0) is 16.9 Å². The maximum absolute atomic E-state index is 10.7. The topological polar surface area (TPSA) is 140 Å². The van der Waals surface area contributed by atoms with Crippen LogP contribution in [0.2, 0.25) is 0 Å². The summed E-state index contributed by atoms with van der Waals surface area (Å²) < 4.78 is 11.4. The first kappa shape index (κ1) is 17.2. The number of ether oxygens (including phenoxy) is 2. The van der Waals surface area contributed by atoms with Gasteiger partial charge in [0.1, 0.15) is 23.4 Å². The van der Waals surface area contributed by atoms with E-state index in [4.69, 9.17) is 14.6 Å². The zero-order valence-corrected chi connectivity index (χ0v) is 13.1. The molecule has 25 heavy (non-hydrogen) atoms. The third-order valence-electron chi connectivity index (χ3n) is 4.05. The molecule has 2 aromatic carbocycles. The summed E-state index contributed by atoms with van der Waals surface area (Å²) in [5.74, 6) is -2.99. The molecule has 134 valence electrons. The summed E-state index contributed by atoms with van der Waals surface area (Å²) in [6.45, 7) is -0.529. The molecule has 1 aliphatic rings. The van der Waals surface area contributed by atoms with E-state index in [-0.39, 0.29) is 53.8 Å². The molecule has 6 N–H and O–H groups in total. The fourth-order valence-electron chi connectivity index (χ4n) is 2.87. The predicted octanol–water partition coefficient (Wildman–Crippen LogP) is 0.667. The normalized spacial score (nSPS) is 22.2. The van der Waals surface area contributed by atoms with Gasteiger partial charge in [0.25, 0.3) is 5.79 Å². The second kappa shape index (κ2) is 6.32. The number of phenols is 4. The van der Waals surface area contributed by atoms with Crippen molar-refractivity contribution in [3.63, 3.8) is 0 Å². The number of aromatic hydroxyl groups is 4. The zero-order chi connectivity index (χ0) is 18.2. The van der Waals surface area contributed by atoms with Gasteiger partial charge in [-0.2, -0.15) is 0 Å². The quantitative estimate of drug-likeness (QED) is 0.442. The van der Waals surface area contributed by atoms with Crippen molar-refractivity contribution in [2.45, 2.75) is 18.3 Å². The van der Waals surface area contributed by atoms with E-state index >= 15 is 0 Å². The molecule has 0 amide bonds. The molecule has 2 unspecified atom stereocenters. The minimum absolute atomic E-state index is 0.0610. The Morgan fingerprint density at radius 3 is 2.48 bits per heavy atom. The van der Waals surface area contributed by atoms with Crippen LogP contribution >= 0.6 is 0 Å². The molecular weight excluding hydrogens is 332 g/mol. The van der Waals surface area contributed by atoms with Crippen LogP contribution in [0.3, 0.4) is 0 Å². The van der Waals surface area contributed by atoms with Gasteiger partial charge in [0.2, 0.25) is 0 Å². The lowest BCUT2D eigenvalue weighted by Crippen LogP contribution is -2.51. The van der Waals surface area contributed by atoms with Gasteiger partial charge in [-0.1, -0.05) is 0 Å². The zero-order valence-electron chi connectivity index (χ0n) is 13.1. The molecule has 1 heterocycles. The Morgan fingerprint density at radius 1 is 1.04 bits per heavy atom. The highest BCUT2D eigenvalue weighted by atomic mass is 16.7. The number of hydrogen-bond acceptors (Lipinski definition) is 8. The summed E-state index contributed by atoms with van der Waals surface area (Å²) in [5.41, 5.74) is 0.480. The summed E-state index contributed by atoms with van der Waals surface area (Å²) in [7, 11) is 0. The Hall–Kier alpha value is -2.68. The minimum Gasteiger partial charge on any atom is -0.508 e. The predicted molar refractivity (Wildman–Crippen MR) is 84.6 cm³/mol. The lowest BCUT2D eigenvalue weighted by atomic mass is 9.90. The van der Waals surface area contributed by atoms with Crippen molar-refractivity contribution in [1.29, 1.82) is 0 Å². The third-order valence-corrected chi connectivity index (χ3v) is 4.05. The Kier molecular flexibility index (Phi) is 4.34. The minimum atomic E-state index is -1.80. The van der Waals surface area contributed by atoms with E-state index in [9.17, 15) is 25.5 Å². The van der Waals surface area contributed by atoms with Gasteiger partial charge in [-0.3, -0.25) is 0 Å². The van der Waals surface area contributed by atoms with Crippen LogP contribution in [-0.4, -0.2) is 50.0 Å². The molecular formula is C17H18O8. The Morgan fingerprint density at radius 2 is 1.80 bits per heavy atom. The fourth-order valence-corrected chi connectivity index (χ4v) is 2.87. The lowest BCUT2D eigenvalue weighted by Gasteiger charge is -2.42. The van der Waals surface area contributed by atoms with Crippen LogP contribution in [0, 0.1) is 0 Å². The summed E-state index contributed by atoms with van der Waals surface area (Å²) >= 11 is 0. The molecule has 0 aliphatic carbocycles. The van der Waals surface area contributed by atoms with Crippen LogP contribution < -0.4 is 4.74 Å². The smallest absolute Gasteiger partial charge is 0.264 e. The van der Waals surface area contributed by atoms with Crippen LogP contribution in [0.1, 0.15) is 11.1 Å². The van der Waals surface area contributed by atoms with Gasteiger partial charge >= 0.3 is 0 Å². The average molecular weight is 350 g/mol. The van der Waals surface area contributed by atoms with E-state index in [0.717, 1.165) is 6.07 Å². The van der Waals surface area contributed by atoms with Gasteiger partial charge in [-0.15, -0.1) is 0 Å². The Bertz CT molecular complexity index is 790. The van der Waals surface area contributed by atoms with Gasteiger partial charge in [-0.05, 0) is 18.2 Å². The van der Waals surface area contributed by atoms with E-state index in [1.54, 1.807) is 0 Å². The van der Waals surface area contributed by atoms with E-state index in [1.807, 2.05) is 0 Å². The molecule has 0 saturated carbocycles. The summed E-state index contributed by atoms with van der Waals surface area (Å²) in [5, 5.41) is 58.6. The molecule has 2 atom stereocenters. The molecule has 8 heteroatoms. The number of fused-ring (bicyclic) bond motifs is 1. The number of benzene rings is 2. The van der Waals surface area contributed by atoms with Gasteiger partial charge in [0.15, 0.2) is 11.5 Å². The SMILES string of the molecule is OCCOC1(c2ccc(O)c(O)c2)Oc2cc(O)cc(O)c2CC1O. The number of phenolic OH excluding ortho intramolecular Hbond substituents is 4. The molecule has 3 rings (SSSR count). The van der Waals surface area contributed by atoms with E-state index in [0.29, 0.717) is 0 Å². The third kappa shape index (κ3) is 2.91. The molecule has 8 nitrogen and oxygen atoms in total. The Balaban J connectivity index is 2.12. The first-order valence-corrected chi connectivity index (χ1v) is 7.56. The summed E-state index contributed by atoms with van der Waals surface area (Å²) in [4.78, 5) is 0. The molecule has 2 aromatic rings. The van der Waals surface area contributed by atoms with Crippen LogP contribution in [0.15, 0.2) is 30.3 Å². The van der Waals surface area contributed by atoms with Crippen molar-refractivity contribution in [2.75, 3.05) is 13.2 Å². The maximum Gasteiger partial charge on any atom is 0.264 e. The second-order valence-corrected chi connectivity index (χ2v) is 5.71. The first-order valence-electron chi connectivity index (χ1n) is 7.56. The highest BCUT2D eigenvalue weighted by Crippen LogP contribution is 2.46. The second-order valence-electron chi connectivity index (χ2n) is 5.71. The fraction of sp³-hybridized carbons (Fsp3) is 0.294. The molecule has 1 aliphatic heterocycles. The summed E-state index contributed by atoms with van der Waals surface area (Å²) in [6, 6.07) is 6.16. The van der Waals surface area contributed by atoms with Crippen molar-refractivity contribution in [3.8, 4) is 28.7 Å². The van der Waals surface area contributed by atoms with Gasteiger partial charge < -0.3 is 40.1 Å². The van der Waals surface area contributed by atoms with Crippen LogP contribution in [0.25, 0.3) is 0 Å². The Labute approximate surface area is 142 Å². The van der Waals surface area contributed by atoms with Crippen LogP contribution in [0.4, 0.5) is 0 Å². The number of aliphatic hydroxyl groups is 2. The molecule has 0 saturated heterocycles. The molecule has 0 radical (unpaired) electrons. The molecule has 0 spiro atoms. The van der Waals surface area contributed by atoms with Crippen molar-refractivity contribution in [2.24, 2.45) is 0 Å². The lowest BCUT2D eigenvalue weighted by molar-refractivity contribution is -0.257. The largest absolute Gasteiger partial charge is 0.508 e. The average Bonchev–Trinajstić information content (AvgIpc) is 2.56. The van der Waals surface area contributed by atoms with Gasteiger partial charge in [0, 0.05) is 29.7 Å². The molecule has 0 fully saturated rings. The van der Waals surface area contributed by atoms with Crippen molar-refractivity contribution < 1.29 is 40.1 Å². The van der Waals surface area contributed by atoms with Crippen molar-refractivity contribution in [3.05, 3.63) is 41.5 Å². The van der Waals surface area contributed by atoms with Gasteiger partial charge in [-0.25, -0.2) is 0 Å². The maximum atomic E-state index is 10.7. The van der Waals surface area contributed by atoms with Crippen molar-refractivity contribution in [1.82, 2.24) is 0 Å². The highest BCUT2D eigenvalue weighted by Gasteiger charge is 2.48.